The van der Waals surface area contributed by atoms with E-state index in [1.54, 1.807) is 31.4 Å². The highest BCUT2D eigenvalue weighted by Gasteiger charge is 2.37. The number of methoxy groups -OCH3 is 1. The molecule has 7 nitrogen and oxygen atoms in total. The van der Waals surface area contributed by atoms with E-state index in [-0.39, 0.29) is 18.9 Å². The number of carbonyl (C=O) groups is 1. The molecule has 0 aromatic heterocycles. The van der Waals surface area contributed by atoms with Crippen LogP contribution in [-0.2, 0) is 14.9 Å². The van der Waals surface area contributed by atoms with Gasteiger partial charge in [0.05, 0.1) is 28.6 Å². The predicted molar refractivity (Wildman–Crippen MR) is 130 cm³/mol. The highest BCUT2D eigenvalue weighted by Crippen LogP contribution is 2.41. The summed E-state index contributed by atoms with van der Waals surface area (Å²) in [5.74, 6) is -0.0651. The van der Waals surface area contributed by atoms with Gasteiger partial charge in [0, 0.05) is 18.0 Å². The van der Waals surface area contributed by atoms with E-state index in [9.17, 15) is 17.8 Å². The Bertz CT molecular complexity index is 1240. The minimum absolute atomic E-state index is 0.135. The number of thiocarbonyl (C=S) groups is 1. The molecular formula is C22H19N2O5S3-. The number of benzene rings is 2. The van der Waals surface area contributed by atoms with Gasteiger partial charge in [-0.15, -0.1) is 0 Å². The Hall–Kier alpha value is -2.66. The molecule has 166 valence electrons. The number of fused-ring (bicyclic) bond motifs is 1. The van der Waals surface area contributed by atoms with Gasteiger partial charge in [-0.3, -0.25) is 9.69 Å². The van der Waals surface area contributed by atoms with Gasteiger partial charge < -0.3 is 14.2 Å². The summed E-state index contributed by atoms with van der Waals surface area (Å²) in [4.78, 5) is 17.2. The maximum atomic E-state index is 13.4. The van der Waals surface area contributed by atoms with Crippen LogP contribution in [0.2, 0.25) is 0 Å². The van der Waals surface area contributed by atoms with Crippen LogP contribution >= 0.6 is 24.0 Å². The van der Waals surface area contributed by atoms with Crippen molar-refractivity contribution in [2.75, 3.05) is 29.2 Å². The molecule has 2 heterocycles. The number of ether oxygens (including phenoxy) is 1. The maximum absolute atomic E-state index is 13.4. The van der Waals surface area contributed by atoms with Crippen molar-refractivity contribution in [3.63, 3.8) is 0 Å². The molecule has 0 spiro atoms. The minimum Gasteiger partial charge on any atom is -0.748 e. The quantitative estimate of drug-likeness (QED) is 0.346. The van der Waals surface area contributed by atoms with Crippen molar-refractivity contribution in [1.82, 2.24) is 0 Å². The molecule has 0 atom stereocenters. The Morgan fingerprint density at radius 2 is 1.81 bits per heavy atom. The third-order valence-corrected chi connectivity index (χ3v) is 7.21. The molecule has 2 aliphatic heterocycles. The van der Waals surface area contributed by atoms with Crippen LogP contribution in [0.25, 0.3) is 6.08 Å². The van der Waals surface area contributed by atoms with Crippen LogP contribution in [-0.4, -0.2) is 42.6 Å². The van der Waals surface area contributed by atoms with Crippen molar-refractivity contribution in [1.29, 1.82) is 0 Å². The lowest BCUT2D eigenvalue weighted by Crippen LogP contribution is -2.31. The van der Waals surface area contributed by atoms with Crippen molar-refractivity contribution in [2.45, 2.75) is 6.42 Å². The van der Waals surface area contributed by atoms with Crippen LogP contribution < -0.4 is 14.5 Å². The fourth-order valence-corrected chi connectivity index (χ4v) is 5.41. The van der Waals surface area contributed by atoms with Crippen LogP contribution in [0.5, 0.6) is 5.75 Å². The molecule has 2 aromatic carbocycles. The molecule has 32 heavy (non-hydrogen) atoms. The first-order valence-electron chi connectivity index (χ1n) is 9.71. The van der Waals surface area contributed by atoms with Crippen molar-refractivity contribution in [3.8, 4) is 5.75 Å². The average Bonchev–Trinajstić information content (AvgIpc) is 3.06. The lowest BCUT2D eigenvalue weighted by molar-refractivity contribution is -0.113. The Morgan fingerprint density at radius 3 is 2.50 bits per heavy atom. The second kappa shape index (κ2) is 9.07. The Balaban J connectivity index is 1.70. The summed E-state index contributed by atoms with van der Waals surface area (Å²) in [6.45, 7) is 0.269. The number of rotatable bonds is 6. The van der Waals surface area contributed by atoms with Crippen LogP contribution in [0.3, 0.4) is 0 Å². The van der Waals surface area contributed by atoms with Gasteiger partial charge in [-0.25, -0.2) is 8.42 Å². The van der Waals surface area contributed by atoms with E-state index in [2.05, 4.69) is 0 Å². The SMILES string of the molecule is COc1ccc(N2C(=O)C(=C3C=Cc4ccccc4N3CCCS(=O)(=O)[O-])SC2=S)cc1. The number of nitrogens with zero attached hydrogens (tertiary/aromatic N) is 2. The van der Waals surface area contributed by atoms with Gasteiger partial charge in [-0.1, -0.05) is 48.3 Å². The normalized spacial score (nSPS) is 18.3. The number of allylic oxidation sites excluding steroid dienone is 1. The third kappa shape index (κ3) is 4.58. The standard InChI is InChI=1S/C22H20N2O5S3/c1-29-17-10-8-16(9-11-17)24-21(25)20(31-22(24)30)19-12-7-15-5-2-3-6-18(15)23(19)13-4-14-32(26,27)28/h2-3,5-12H,4,13-14H2,1H3,(H,26,27,28)/p-1. The Morgan fingerprint density at radius 1 is 1.09 bits per heavy atom. The van der Waals surface area contributed by atoms with Crippen molar-refractivity contribution in [2.24, 2.45) is 0 Å². The first-order valence-corrected chi connectivity index (χ1v) is 12.5. The van der Waals surface area contributed by atoms with Gasteiger partial charge >= 0.3 is 0 Å². The van der Waals surface area contributed by atoms with Gasteiger partial charge in [0.2, 0.25) is 0 Å². The molecule has 4 rings (SSSR count). The van der Waals surface area contributed by atoms with Crippen LogP contribution in [0.4, 0.5) is 11.4 Å². The van der Waals surface area contributed by atoms with Crippen molar-refractivity contribution in [3.05, 3.63) is 70.8 Å². The van der Waals surface area contributed by atoms with Gasteiger partial charge in [0.25, 0.3) is 5.91 Å². The van der Waals surface area contributed by atoms with Crippen molar-refractivity contribution < 1.29 is 22.5 Å². The molecule has 0 bridgehead atoms. The van der Waals surface area contributed by atoms with E-state index < -0.39 is 15.9 Å². The fourth-order valence-electron chi connectivity index (χ4n) is 3.58. The van der Waals surface area contributed by atoms with Gasteiger partial charge in [-0.2, -0.15) is 0 Å². The van der Waals surface area contributed by atoms with Gasteiger partial charge in [0.15, 0.2) is 4.32 Å². The molecule has 2 aliphatic rings. The smallest absolute Gasteiger partial charge is 0.272 e. The average molecular weight is 488 g/mol. The Labute approximate surface area is 196 Å². The molecule has 2 aromatic rings. The Kier molecular flexibility index (Phi) is 6.38. The zero-order chi connectivity index (χ0) is 22.9. The number of anilines is 2. The lowest BCUT2D eigenvalue weighted by Gasteiger charge is -2.31. The largest absolute Gasteiger partial charge is 0.748 e. The highest BCUT2D eigenvalue weighted by molar-refractivity contribution is 8.27. The van der Waals surface area contributed by atoms with E-state index in [1.807, 2.05) is 41.3 Å². The van der Waals surface area contributed by atoms with Crippen LogP contribution in [0.15, 0.2) is 65.2 Å². The number of thioether (sulfide) groups is 1. The predicted octanol–water partition coefficient (Wildman–Crippen LogP) is 3.74. The fraction of sp³-hybridized carbons (Fsp3) is 0.182. The van der Waals surface area contributed by atoms with Crippen LogP contribution in [0, 0.1) is 0 Å². The zero-order valence-electron chi connectivity index (χ0n) is 17.1. The maximum Gasteiger partial charge on any atom is 0.272 e. The molecule has 0 aliphatic carbocycles. The number of para-hydroxylation sites is 1. The first-order chi connectivity index (χ1) is 15.3. The van der Waals surface area contributed by atoms with E-state index in [1.165, 1.54) is 16.7 Å². The summed E-state index contributed by atoms with van der Waals surface area (Å²) in [6.07, 6.45) is 3.87. The lowest BCUT2D eigenvalue weighted by atomic mass is 10.0. The summed E-state index contributed by atoms with van der Waals surface area (Å²) in [5, 5.41) is 0. The van der Waals surface area contributed by atoms with Gasteiger partial charge in [-0.05, 0) is 48.4 Å². The number of hydrogen-bond donors (Lipinski definition) is 0. The monoisotopic (exact) mass is 487 g/mol. The molecule has 1 fully saturated rings. The molecule has 0 N–H and O–H groups in total. The molecule has 0 saturated carbocycles. The summed E-state index contributed by atoms with van der Waals surface area (Å²) in [6, 6.07) is 14.6. The molecule has 0 radical (unpaired) electrons. The number of hydrogen-bond acceptors (Lipinski definition) is 8. The second-order valence-corrected chi connectivity index (χ2v) is 10.2. The van der Waals surface area contributed by atoms with Crippen molar-refractivity contribution >= 4 is 61.8 Å². The molecule has 0 unspecified atom stereocenters. The van der Waals surface area contributed by atoms with Gasteiger partial charge in [0.1, 0.15) is 10.7 Å². The first kappa shape index (κ1) is 22.5. The molecular weight excluding hydrogens is 468 g/mol. The number of amides is 1. The minimum atomic E-state index is -4.33. The van der Waals surface area contributed by atoms with E-state index >= 15 is 0 Å². The second-order valence-electron chi connectivity index (χ2n) is 7.08. The third-order valence-electron chi connectivity index (χ3n) is 5.05. The topological polar surface area (TPSA) is 90.0 Å². The van der Waals surface area contributed by atoms with E-state index in [0.29, 0.717) is 26.4 Å². The summed E-state index contributed by atoms with van der Waals surface area (Å²) in [7, 11) is -2.76. The molecule has 1 saturated heterocycles. The molecule has 1 amide bonds. The summed E-state index contributed by atoms with van der Waals surface area (Å²) >= 11 is 6.69. The van der Waals surface area contributed by atoms with E-state index in [0.717, 1.165) is 11.3 Å². The zero-order valence-corrected chi connectivity index (χ0v) is 19.5. The highest BCUT2D eigenvalue weighted by atomic mass is 32.2. The summed E-state index contributed by atoms with van der Waals surface area (Å²) in [5.41, 5.74) is 3.03. The number of carbonyl (C=O) groups excluding carboxylic acids is 1. The summed E-state index contributed by atoms with van der Waals surface area (Å²) < 4.78 is 38.9. The van der Waals surface area contributed by atoms with E-state index in [4.69, 9.17) is 17.0 Å². The molecule has 10 heteroatoms. The van der Waals surface area contributed by atoms with Crippen LogP contribution in [0.1, 0.15) is 12.0 Å².